The zero-order valence-corrected chi connectivity index (χ0v) is 12.8. The normalized spacial score (nSPS) is 18.1. The van der Waals surface area contributed by atoms with Crippen LogP contribution in [0.1, 0.15) is 24.9 Å². The van der Waals surface area contributed by atoms with E-state index in [9.17, 15) is 9.90 Å². The fourth-order valence-electron chi connectivity index (χ4n) is 2.74. The molecule has 5 heteroatoms. The monoisotopic (exact) mass is 292 g/mol. The third-order valence-corrected chi connectivity index (χ3v) is 3.75. The molecular formula is C16H24N2O3. The van der Waals surface area contributed by atoms with Crippen molar-refractivity contribution in [3.05, 3.63) is 29.8 Å². The van der Waals surface area contributed by atoms with Gasteiger partial charge in [-0.1, -0.05) is 25.1 Å². The smallest absolute Gasteiger partial charge is 0.237 e. The molecule has 0 saturated carbocycles. The quantitative estimate of drug-likeness (QED) is 0.888. The zero-order chi connectivity index (χ0) is 15.2. The summed E-state index contributed by atoms with van der Waals surface area (Å²) in [4.78, 5) is 16.3. The number of nitrogens with zero attached hydrogens (tertiary/aromatic N) is 2. The minimum Gasteiger partial charge on any atom is -0.491 e. The van der Waals surface area contributed by atoms with Crippen LogP contribution in [0.5, 0.6) is 5.75 Å². The van der Waals surface area contributed by atoms with Gasteiger partial charge in [-0.2, -0.15) is 0 Å². The lowest BCUT2D eigenvalue weighted by atomic mass is 10.0. The zero-order valence-electron chi connectivity index (χ0n) is 12.8. The molecule has 1 aliphatic heterocycles. The number of amides is 1. The van der Waals surface area contributed by atoms with Gasteiger partial charge in [-0.15, -0.1) is 0 Å². The van der Waals surface area contributed by atoms with E-state index in [-0.39, 0.29) is 18.6 Å². The van der Waals surface area contributed by atoms with Crippen molar-refractivity contribution in [3.63, 3.8) is 0 Å². The third kappa shape index (κ3) is 3.74. The van der Waals surface area contributed by atoms with Gasteiger partial charge in [0, 0.05) is 5.56 Å². The molecule has 1 N–H and O–H groups in total. The molecule has 1 aromatic carbocycles. The fourth-order valence-corrected chi connectivity index (χ4v) is 2.74. The van der Waals surface area contributed by atoms with Crippen LogP contribution in [0, 0.1) is 0 Å². The second kappa shape index (κ2) is 7.43. The first-order valence-corrected chi connectivity index (χ1v) is 7.48. The Labute approximate surface area is 126 Å². The number of benzene rings is 1. The van der Waals surface area contributed by atoms with Crippen LogP contribution in [0.25, 0.3) is 0 Å². The Hall–Kier alpha value is -1.59. The lowest BCUT2D eigenvalue weighted by Crippen LogP contribution is -2.43. The van der Waals surface area contributed by atoms with Crippen molar-refractivity contribution in [1.82, 2.24) is 9.80 Å². The topological polar surface area (TPSA) is 53.0 Å². The maximum absolute atomic E-state index is 12.5. The molecule has 0 aliphatic carbocycles. The van der Waals surface area contributed by atoms with Gasteiger partial charge in [-0.3, -0.25) is 9.69 Å². The molecule has 1 amide bonds. The highest BCUT2D eigenvalue weighted by molar-refractivity contribution is 5.79. The van der Waals surface area contributed by atoms with E-state index in [1.165, 1.54) is 0 Å². The minimum absolute atomic E-state index is 0.0327. The predicted octanol–water partition coefficient (Wildman–Crippen LogP) is 1.28. The summed E-state index contributed by atoms with van der Waals surface area (Å²) in [7, 11) is 1.94. The van der Waals surface area contributed by atoms with Gasteiger partial charge in [0.1, 0.15) is 12.4 Å². The van der Waals surface area contributed by atoms with Crippen LogP contribution in [0.15, 0.2) is 24.3 Å². The number of hydrogen-bond acceptors (Lipinski definition) is 4. The number of rotatable bonds is 5. The van der Waals surface area contributed by atoms with E-state index in [4.69, 9.17) is 4.74 Å². The molecule has 1 aromatic rings. The van der Waals surface area contributed by atoms with Crippen LogP contribution in [-0.4, -0.2) is 60.7 Å². The van der Waals surface area contributed by atoms with Crippen molar-refractivity contribution < 1.29 is 14.6 Å². The first-order valence-electron chi connectivity index (χ1n) is 7.48. The van der Waals surface area contributed by atoms with Crippen molar-refractivity contribution in [1.29, 1.82) is 0 Å². The largest absolute Gasteiger partial charge is 0.491 e. The Kier molecular flexibility index (Phi) is 5.59. The average Bonchev–Trinajstić information content (AvgIpc) is 2.66. The third-order valence-electron chi connectivity index (χ3n) is 3.75. The fraction of sp³-hybridized carbons (Fsp3) is 0.562. The number of para-hydroxylation sites is 1. The molecule has 0 saturated heterocycles. The summed E-state index contributed by atoms with van der Waals surface area (Å²) in [5.41, 5.74) is 0.879. The predicted molar refractivity (Wildman–Crippen MR) is 81.3 cm³/mol. The van der Waals surface area contributed by atoms with E-state index in [0.29, 0.717) is 19.7 Å². The summed E-state index contributed by atoms with van der Waals surface area (Å²) in [6.07, 6.45) is 1.01. The molecular weight excluding hydrogens is 268 g/mol. The number of hydrogen-bond donors (Lipinski definition) is 1. The molecule has 2 rings (SSSR count). The highest BCUT2D eigenvalue weighted by Gasteiger charge is 2.29. The summed E-state index contributed by atoms with van der Waals surface area (Å²) >= 11 is 0. The molecule has 0 aromatic heterocycles. The van der Waals surface area contributed by atoms with Crippen LogP contribution in [0.2, 0.25) is 0 Å². The number of aliphatic hydroxyl groups is 1. The first-order chi connectivity index (χ1) is 10.2. The van der Waals surface area contributed by atoms with Gasteiger partial charge in [0.2, 0.25) is 5.91 Å². The summed E-state index contributed by atoms with van der Waals surface area (Å²) in [5.74, 6) is 0.791. The second-order valence-corrected chi connectivity index (χ2v) is 5.41. The van der Waals surface area contributed by atoms with Crippen LogP contribution in [0.4, 0.5) is 0 Å². The molecule has 0 radical (unpaired) electrons. The molecule has 21 heavy (non-hydrogen) atoms. The molecule has 1 atom stereocenters. The highest BCUT2D eigenvalue weighted by Crippen LogP contribution is 2.31. The highest BCUT2D eigenvalue weighted by atomic mass is 16.5. The van der Waals surface area contributed by atoms with E-state index in [0.717, 1.165) is 24.3 Å². The lowest BCUT2D eigenvalue weighted by Gasteiger charge is -2.30. The van der Waals surface area contributed by atoms with Crippen molar-refractivity contribution in [3.8, 4) is 5.75 Å². The van der Waals surface area contributed by atoms with Crippen molar-refractivity contribution in [2.45, 2.75) is 19.4 Å². The van der Waals surface area contributed by atoms with Crippen LogP contribution >= 0.6 is 0 Å². The van der Waals surface area contributed by atoms with Crippen molar-refractivity contribution >= 4 is 5.91 Å². The molecule has 1 unspecified atom stereocenters. The van der Waals surface area contributed by atoms with Crippen LogP contribution in [-0.2, 0) is 4.79 Å². The number of carbonyl (C=O) groups excluding carboxylic acids is 1. The minimum atomic E-state index is -0.328. The summed E-state index contributed by atoms with van der Waals surface area (Å²) in [6.45, 7) is 4.20. The van der Waals surface area contributed by atoms with Gasteiger partial charge < -0.3 is 14.7 Å². The molecule has 5 nitrogen and oxygen atoms in total. The van der Waals surface area contributed by atoms with Gasteiger partial charge in [0.15, 0.2) is 0 Å². The van der Waals surface area contributed by atoms with Gasteiger partial charge in [0.25, 0.3) is 0 Å². The molecule has 0 spiro atoms. The Morgan fingerprint density at radius 2 is 2.24 bits per heavy atom. The Bertz CT molecular complexity index is 478. The Morgan fingerprint density at radius 1 is 1.48 bits per heavy atom. The number of likely N-dealkylation sites (N-methyl/N-ethyl adjacent to an activating group) is 1. The van der Waals surface area contributed by atoms with Gasteiger partial charge in [-0.25, -0.2) is 0 Å². The van der Waals surface area contributed by atoms with Gasteiger partial charge in [0.05, 0.1) is 25.7 Å². The molecule has 0 fully saturated rings. The SMILES string of the molecule is CCCN(C)CC(=O)N1CCOc2ccccc2C1CO. The summed E-state index contributed by atoms with van der Waals surface area (Å²) in [5, 5.41) is 9.76. The van der Waals surface area contributed by atoms with E-state index >= 15 is 0 Å². The van der Waals surface area contributed by atoms with Crippen molar-refractivity contribution in [2.24, 2.45) is 0 Å². The van der Waals surface area contributed by atoms with Crippen LogP contribution in [0.3, 0.4) is 0 Å². The second-order valence-electron chi connectivity index (χ2n) is 5.41. The number of aliphatic hydroxyl groups excluding tert-OH is 1. The van der Waals surface area contributed by atoms with Gasteiger partial charge in [-0.05, 0) is 26.1 Å². The molecule has 0 bridgehead atoms. The Balaban J connectivity index is 2.17. The van der Waals surface area contributed by atoms with E-state index in [1.54, 1.807) is 4.90 Å². The summed E-state index contributed by atoms with van der Waals surface area (Å²) < 4.78 is 5.69. The first kappa shape index (κ1) is 15.8. The molecule has 116 valence electrons. The van der Waals surface area contributed by atoms with Crippen molar-refractivity contribution in [2.75, 3.05) is 39.9 Å². The van der Waals surface area contributed by atoms with E-state index in [2.05, 4.69) is 6.92 Å². The number of carbonyl (C=O) groups is 1. The maximum atomic E-state index is 12.5. The van der Waals surface area contributed by atoms with Crippen LogP contribution < -0.4 is 4.74 Å². The molecule has 1 aliphatic rings. The lowest BCUT2D eigenvalue weighted by molar-refractivity contribution is -0.135. The molecule has 1 heterocycles. The van der Waals surface area contributed by atoms with E-state index < -0.39 is 0 Å². The number of ether oxygens (including phenoxy) is 1. The Morgan fingerprint density at radius 3 is 2.95 bits per heavy atom. The van der Waals surface area contributed by atoms with Gasteiger partial charge >= 0.3 is 0 Å². The van der Waals surface area contributed by atoms with E-state index in [1.807, 2.05) is 36.2 Å². The summed E-state index contributed by atoms with van der Waals surface area (Å²) in [6, 6.07) is 7.28. The standard InChI is InChI=1S/C16H24N2O3/c1-3-8-17(2)11-16(20)18-9-10-21-15-7-5-4-6-13(15)14(18)12-19/h4-7,14,19H,3,8-12H2,1-2H3. The maximum Gasteiger partial charge on any atom is 0.237 e. The number of fused-ring (bicyclic) bond motifs is 1. The average molecular weight is 292 g/mol.